The van der Waals surface area contributed by atoms with E-state index >= 15 is 0 Å². The number of rotatable bonds is 8. The minimum Gasteiger partial charge on any atom is -0.508 e. The van der Waals surface area contributed by atoms with Crippen LogP contribution in [0.4, 0.5) is 5.69 Å². The van der Waals surface area contributed by atoms with Gasteiger partial charge in [-0.15, -0.1) is 22.0 Å². The maximum absolute atomic E-state index is 12.7. The molecule has 0 spiro atoms. The molecule has 0 saturated heterocycles. The summed E-state index contributed by atoms with van der Waals surface area (Å²) >= 11 is 3.04. The zero-order chi connectivity index (χ0) is 23.2. The van der Waals surface area contributed by atoms with Crippen LogP contribution in [0.2, 0.25) is 0 Å². The number of aromatic nitrogens is 3. The highest BCUT2D eigenvalue weighted by Gasteiger charge is 2.21. The average Bonchev–Trinajstić information content (AvgIpc) is 3.21. The maximum Gasteiger partial charge on any atom is 0.237 e. The van der Waals surface area contributed by atoms with Gasteiger partial charge in [0, 0.05) is 22.3 Å². The second-order valence-corrected chi connectivity index (χ2v) is 9.83. The minimum absolute atomic E-state index is 0.104. The molecule has 0 aliphatic rings. The minimum atomic E-state index is -0.420. The molecule has 0 bridgehead atoms. The first-order chi connectivity index (χ1) is 16.0. The smallest absolute Gasteiger partial charge is 0.237 e. The van der Waals surface area contributed by atoms with Gasteiger partial charge in [0.25, 0.3) is 0 Å². The summed E-state index contributed by atoms with van der Waals surface area (Å²) in [7, 11) is 0. The van der Waals surface area contributed by atoms with E-state index in [0.29, 0.717) is 16.6 Å². The van der Waals surface area contributed by atoms with Gasteiger partial charge in [0.2, 0.25) is 5.91 Å². The van der Waals surface area contributed by atoms with Crippen molar-refractivity contribution in [3.8, 4) is 11.4 Å². The highest BCUT2D eigenvalue weighted by Crippen LogP contribution is 2.30. The van der Waals surface area contributed by atoms with Crippen LogP contribution in [0, 0.1) is 6.92 Å². The van der Waals surface area contributed by atoms with Crippen molar-refractivity contribution >= 4 is 35.1 Å². The van der Waals surface area contributed by atoms with Gasteiger partial charge in [-0.05, 0) is 50.2 Å². The first-order valence-corrected chi connectivity index (χ1v) is 12.3. The van der Waals surface area contributed by atoms with Crippen LogP contribution in [-0.4, -0.2) is 31.0 Å². The predicted octanol–water partition coefficient (Wildman–Crippen LogP) is 5.69. The molecule has 6 nitrogen and oxygen atoms in total. The summed E-state index contributed by atoms with van der Waals surface area (Å²) in [5.74, 6) is 1.39. The summed E-state index contributed by atoms with van der Waals surface area (Å²) in [6.07, 6.45) is 0. The van der Waals surface area contributed by atoms with Gasteiger partial charge in [-0.1, -0.05) is 53.7 Å². The molecule has 1 atom stereocenters. The molecular weight excluding hydrogens is 452 g/mol. The van der Waals surface area contributed by atoms with Gasteiger partial charge in [0.05, 0.1) is 11.0 Å². The molecule has 4 aromatic rings. The number of phenolic OH excluding ortho intramolecular Hbond substituents is 1. The monoisotopic (exact) mass is 476 g/mol. The number of carbonyl (C=O) groups excluding carboxylic acids is 1. The normalized spacial score (nSPS) is 11.8. The third-order valence-electron chi connectivity index (χ3n) is 4.87. The van der Waals surface area contributed by atoms with E-state index in [1.54, 1.807) is 30.0 Å². The molecule has 1 aromatic heterocycles. The lowest BCUT2D eigenvalue weighted by atomic mass is 10.2. The van der Waals surface area contributed by atoms with E-state index in [2.05, 4.69) is 46.7 Å². The summed E-state index contributed by atoms with van der Waals surface area (Å²) in [6.45, 7) is 3.90. The van der Waals surface area contributed by atoms with Crippen LogP contribution in [0.1, 0.15) is 18.3 Å². The Morgan fingerprint density at radius 2 is 1.79 bits per heavy atom. The highest BCUT2D eigenvalue weighted by molar-refractivity contribution is 8.00. The third kappa shape index (κ3) is 5.97. The number of thioether (sulfide) groups is 2. The number of nitrogens with zero attached hydrogens (tertiary/aromatic N) is 3. The number of amides is 1. The van der Waals surface area contributed by atoms with Crippen molar-refractivity contribution in [3.05, 3.63) is 90.3 Å². The lowest BCUT2D eigenvalue weighted by Crippen LogP contribution is -2.22. The van der Waals surface area contributed by atoms with Crippen molar-refractivity contribution in [1.82, 2.24) is 14.8 Å². The summed E-state index contributed by atoms with van der Waals surface area (Å²) in [5, 5.41) is 21.5. The van der Waals surface area contributed by atoms with Crippen molar-refractivity contribution in [3.63, 3.8) is 0 Å². The second kappa shape index (κ2) is 10.6. The van der Waals surface area contributed by atoms with Gasteiger partial charge < -0.3 is 10.4 Å². The molecule has 8 heteroatoms. The highest BCUT2D eigenvalue weighted by atomic mass is 32.2. The molecular formula is C25H24N4O2S2. The quantitative estimate of drug-likeness (QED) is 0.318. The molecule has 0 aliphatic heterocycles. The Morgan fingerprint density at radius 3 is 2.52 bits per heavy atom. The van der Waals surface area contributed by atoms with E-state index in [1.165, 1.54) is 23.4 Å². The molecule has 1 unspecified atom stereocenters. The van der Waals surface area contributed by atoms with Crippen LogP contribution in [0.3, 0.4) is 0 Å². The molecule has 0 saturated carbocycles. The van der Waals surface area contributed by atoms with Crippen molar-refractivity contribution in [1.29, 1.82) is 0 Å². The fraction of sp³-hybridized carbons (Fsp3) is 0.160. The molecule has 0 radical (unpaired) electrons. The van der Waals surface area contributed by atoms with Crippen LogP contribution in [-0.2, 0) is 10.5 Å². The summed E-state index contributed by atoms with van der Waals surface area (Å²) in [5.41, 5.74) is 2.72. The molecule has 3 aromatic carbocycles. The average molecular weight is 477 g/mol. The van der Waals surface area contributed by atoms with E-state index in [4.69, 9.17) is 0 Å². The van der Waals surface area contributed by atoms with E-state index in [0.717, 1.165) is 16.4 Å². The number of para-hydroxylation sites is 1. The Balaban J connectivity index is 1.53. The second-order valence-electron chi connectivity index (χ2n) is 7.47. The number of aromatic hydroxyl groups is 1. The third-order valence-corrected chi connectivity index (χ3v) is 6.92. The standard InChI is InChI=1S/C25H24N4O2S2/c1-17-11-13-22(14-12-17)32-16-23-27-28-25(29(23)20-8-4-3-5-9-20)33-18(2)24(31)26-19-7-6-10-21(30)15-19/h3-15,18,30H,16H2,1-2H3,(H,26,31). The Bertz CT molecular complexity index is 1230. The summed E-state index contributed by atoms with van der Waals surface area (Å²) < 4.78 is 2.00. The van der Waals surface area contributed by atoms with Crippen LogP contribution >= 0.6 is 23.5 Å². The number of phenols is 1. The van der Waals surface area contributed by atoms with E-state index in [9.17, 15) is 9.90 Å². The molecule has 1 heterocycles. The van der Waals surface area contributed by atoms with E-state index in [-0.39, 0.29) is 11.7 Å². The van der Waals surface area contributed by atoms with Crippen molar-refractivity contribution in [2.24, 2.45) is 0 Å². The molecule has 2 N–H and O–H groups in total. The molecule has 1 amide bonds. The zero-order valence-electron chi connectivity index (χ0n) is 18.3. The molecule has 0 fully saturated rings. The Morgan fingerprint density at radius 1 is 1.03 bits per heavy atom. The van der Waals surface area contributed by atoms with E-state index in [1.807, 2.05) is 41.8 Å². The van der Waals surface area contributed by atoms with Gasteiger partial charge >= 0.3 is 0 Å². The van der Waals surface area contributed by atoms with Crippen LogP contribution < -0.4 is 5.32 Å². The summed E-state index contributed by atoms with van der Waals surface area (Å²) in [6, 6.07) is 24.8. The van der Waals surface area contributed by atoms with Gasteiger partial charge in [-0.2, -0.15) is 0 Å². The van der Waals surface area contributed by atoms with E-state index < -0.39 is 5.25 Å². The molecule has 4 rings (SSSR count). The Hall–Kier alpha value is -3.23. The number of benzene rings is 3. The van der Waals surface area contributed by atoms with Gasteiger partial charge in [0.15, 0.2) is 5.16 Å². The largest absolute Gasteiger partial charge is 0.508 e. The molecule has 0 aliphatic carbocycles. The predicted molar refractivity (Wildman–Crippen MR) is 134 cm³/mol. The number of carbonyl (C=O) groups is 1. The lowest BCUT2D eigenvalue weighted by Gasteiger charge is -2.14. The SMILES string of the molecule is Cc1ccc(SCc2nnc(SC(C)C(=O)Nc3cccc(O)c3)n2-c2ccccc2)cc1. The number of aryl methyl sites for hydroxylation is 1. The Labute approximate surface area is 201 Å². The maximum atomic E-state index is 12.7. The van der Waals surface area contributed by atoms with Crippen LogP contribution in [0.25, 0.3) is 5.69 Å². The number of anilines is 1. The lowest BCUT2D eigenvalue weighted by molar-refractivity contribution is -0.115. The van der Waals surface area contributed by atoms with Gasteiger partial charge in [0.1, 0.15) is 11.6 Å². The Kier molecular flexibility index (Phi) is 7.36. The summed E-state index contributed by atoms with van der Waals surface area (Å²) in [4.78, 5) is 13.9. The molecule has 33 heavy (non-hydrogen) atoms. The number of nitrogens with one attached hydrogen (secondary N) is 1. The van der Waals surface area contributed by atoms with Crippen LogP contribution in [0.15, 0.2) is 88.9 Å². The van der Waals surface area contributed by atoms with Crippen molar-refractivity contribution < 1.29 is 9.90 Å². The van der Waals surface area contributed by atoms with Gasteiger partial charge in [-0.3, -0.25) is 9.36 Å². The topological polar surface area (TPSA) is 80.0 Å². The number of hydrogen-bond donors (Lipinski definition) is 2. The first-order valence-electron chi connectivity index (χ1n) is 10.5. The fourth-order valence-electron chi connectivity index (χ4n) is 3.13. The molecule has 168 valence electrons. The fourth-order valence-corrected chi connectivity index (χ4v) is 4.83. The number of hydrogen-bond acceptors (Lipinski definition) is 6. The van der Waals surface area contributed by atoms with Crippen molar-refractivity contribution in [2.45, 2.75) is 34.9 Å². The zero-order valence-corrected chi connectivity index (χ0v) is 19.9. The van der Waals surface area contributed by atoms with Crippen molar-refractivity contribution in [2.75, 3.05) is 5.32 Å². The van der Waals surface area contributed by atoms with Gasteiger partial charge in [-0.25, -0.2) is 0 Å². The van der Waals surface area contributed by atoms with Crippen LogP contribution in [0.5, 0.6) is 5.75 Å². The first kappa shape index (κ1) is 22.9.